The number of ketones is 1. The van der Waals surface area contributed by atoms with Crippen LogP contribution in [-0.2, 0) is 4.79 Å². The van der Waals surface area contributed by atoms with Crippen LogP contribution in [0.1, 0.15) is 20.8 Å². The van der Waals surface area contributed by atoms with Crippen molar-refractivity contribution in [3.63, 3.8) is 0 Å². The molecule has 0 saturated heterocycles. The third-order valence-corrected chi connectivity index (χ3v) is 1.57. The highest BCUT2D eigenvalue weighted by Crippen LogP contribution is 1.91. The Hall–Kier alpha value is -0.0200. The van der Waals surface area contributed by atoms with Gasteiger partial charge in [-0.3, -0.25) is 4.79 Å². The Balaban J connectivity index is 3.72. The van der Waals surface area contributed by atoms with Crippen LogP contribution in [0.25, 0.3) is 0 Å². The minimum absolute atomic E-state index is 0.0802. The van der Waals surface area contributed by atoms with Gasteiger partial charge in [-0.2, -0.15) is 12.6 Å². The predicted molar refractivity (Wildman–Crippen MR) is 46.6 cm³/mol. The molecule has 10 heavy (non-hydrogen) atoms. The first-order valence-electron chi connectivity index (χ1n) is 3.45. The van der Waals surface area contributed by atoms with Crippen LogP contribution in [0.15, 0.2) is 0 Å². The van der Waals surface area contributed by atoms with Crippen molar-refractivity contribution >= 4 is 18.4 Å². The lowest BCUT2D eigenvalue weighted by Crippen LogP contribution is -2.41. The number of rotatable bonds is 4. The Kier molecular flexibility index (Phi) is 4.73. The zero-order chi connectivity index (χ0) is 8.15. The minimum atomic E-state index is -0.0802. The van der Waals surface area contributed by atoms with Gasteiger partial charge in [0.25, 0.3) is 0 Å². The summed E-state index contributed by atoms with van der Waals surface area (Å²) in [4.78, 5) is 10.8. The van der Waals surface area contributed by atoms with E-state index in [1.807, 2.05) is 13.8 Å². The lowest BCUT2D eigenvalue weighted by molar-refractivity contribution is -0.118. The van der Waals surface area contributed by atoms with E-state index in [9.17, 15) is 4.79 Å². The van der Waals surface area contributed by atoms with Crippen LogP contribution in [0.3, 0.4) is 0 Å². The number of hydrogen-bond donors (Lipinski definition) is 2. The number of hydrogen-bond acceptors (Lipinski definition) is 3. The van der Waals surface area contributed by atoms with E-state index in [0.29, 0.717) is 11.8 Å². The molecule has 1 atom stereocenters. The fourth-order valence-corrected chi connectivity index (χ4v) is 1.06. The summed E-state index contributed by atoms with van der Waals surface area (Å²) in [5.41, 5.74) is 0. The van der Waals surface area contributed by atoms with E-state index in [-0.39, 0.29) is 11.8 Å². The molecule has 3 heteroatoms. The molecule has 0 bridgehead atoms. The van der Waals surface area contributed by atoms with E-state index in [4.69, 9.17) is 0 Å². The van der Waals surface area contributed by atoms with Gasteiger partial charge in [0.1, 0.15) is 5.78 Å². The molecule has 0 amide bonds. The Morgan fingerprint density at radius 2 is 2.10 bits per heavy atom. The van der Waals surface area contributed by atoms with Gasteiger partial charge in [0.05, 0.1) is 6.04 Å². The van der Waals surface area contributed by atoms with E-state index >= 15 is 0 Å². The Morgan fingerprint density at radius 1 is 1.60 bits per heavy atom. The maximum atomic E-state index is 10.8. The zero-order valence-electron chi connectivity index (χ0n) is 6.72. The van der Waals surface area contributed by atoms with Crippen molar-refractivity contribution in [1.82, 2.24) is 5.32 Å². The molecule has 0 aliphatic carbocycles. The first kappa shape index (κ1) is 9.98. The molecule has 0 unspecified atom stereocenters. The maximum Gasteiger partial charge on any atom is 0.147 e. The number of carbonyl (C=O) groups excluding carboxylic acids is 1. The van der Waals surface area contributed by atoms with E-state index in [2.05, 4.69) is 17.9 Å². The number of nitrogens with one attached hydrogen (secondary N) is 1. The van der Waals surface area contributed by atoms with Crippen LogP contribution in [0.2, 0.25) is 0 Å². The van der Waals surface area contributed by atoms with Crippen LogP contribution in [0.5, 0.6) is 0 Å². The summed E-state index contributed by atoms with van der Waals surface area (Å²) in [5.74, 6) is 0.733. The van der Waals surface area contributed by atoms with Gasteiger partial charge in [0.15, 0.2) is 0 Å². The van der Waals surface area contributed by atoms with Crippen molar-refractivity contribution in [1.29, 1.82) is 0 Å². The molecule has 0 aromatic heterocycles. The molecule has 2 nitrogen and oxygen atoms in total. The highest BCUT2D eigenvalue weighted by Gasteiger charge is 2.11. The first-order chi connectivity index (χ1) is 4.57. The van der Waals surface area contributed by atoms with Crippen molar-refractivity contribution in [2.45, 2.75) is 32.9 Å². The Morgan fingerprint density at radius 3 is 2.20 bits per heavy atom. The molecule has 1 N–H and O–H groups in total. The van der Waals surface area contributed by atoms with Crippen LogP contribution >= 0.6 is 12.6 Å². The van der Waals surface area contributed by atoms with Crippen molar-refractivity contribution in [2.24, 2.45) is 0 Å². The average molecular weight is 161 g/mol. The highest BCUT2D eigenvalue weighted by molar-refractivity contribution is 7.80. The predicted octanol–water partition coefficient (Wildman–Crippen LogP) is 0.872. The lowest BCUT2D eigenvalue weighted by Gasteiger charge is -2.15. The summed E-state index contributed by atoms with van der Waals surface area (Å²) < 4.78 is 0. The van der Waals surface area contributed by atoms with Crippen LogP contribution < -0.4 is 5.32 Å². The molecule has 60 valence electrons. The first-order valence-corrected chi connectivity index (χ1v) is 4.08. The van der Waals surface area contributed by atoms with Crippen LogP contribution in [0, 0.1) is 0 Å². The average Bonchev–Trinajstić information content (AvgIpc) is 1.81. The van der Waals surface area contributed by atoms with Crippen molar-refractivity contribution in [3.05, 3.63) is 0 Å². The third kappa shape index (κ3) is 3.90. The second-order valence-corrected chi connectivity index (χ2v) is 3.03. The topological polar surface area (TPSA) is 29.1 Å². The van der Waals surface area contributed by atoms with Gasteiger partial charge in [-0.25, -0.2) is 0 Å². The SMILES string of the molecule is CC(=O)[C@@H](CS)NC(C)C. The maximum absolute atomic E-state index is 10.8. The molecule has 0 fully saturated rings. The van der Waals surface area contributed by atoms with Crippen LogP contribution in [-0.4, -0.2) is 23.6 Å². The van der Waals surface area contributed by atoms with Gasteiger partial charge >= 0.3 is 0 Å². The largest absolute Gasteiger partial charge is 0.305 e. The quantitative estimate of drug-likeness (QED) is 0.599. The summed E-state index contributed by atoms with van der Waals surface area (Å²) in [5, 5.41) is 3.10. The van der Waals surface area contributed by atoms with Crippen molar-refractivity contribution < 1.29 is 4.79 Å². The Labute approximate surface area is 67.8 Å². The molecule has 0 aromatic carbocycles. The van der Waals surface area contributed by atoms with Crippen molar-refractivity contribution in [2.75, 3.05) is 5.75 Å². The van der Waals surface area contributed by atoms with Crippen molar-refractivity contribution in [3.8, 4) is 0 Å². The lowest BCUT2D eigenvalue weighted by atomic mass is 10.2. The molecule has 0 aromatic rings. The monoisotopic (exact) mass is 161 g/mol. The molecule has 0 heterocycles. The summed E-state index contributed by atoms with van der Waals surface area (Å²) in [7, 11) is 0. The zero-order valence-corrected chi connectivity index (χ0v) is 7.61. The van der Waals surface area contributed by atoms with Gasteiger partial charge in [0, 0.05) is 11.8 Å². The molecular formula is C7H15NOS. The highest BCUT2D eigenvalue weighted by atomic mass is 32.1. The van der Waals surface area contributed by atoms with Crippen LogP contribution in [0.4, 0.5) is 0 Å². The van der Waals surface area contributed by atoms with Gasteiger partial charge in [0.2, 0.25) is 0 Å². The molecule has 0 saturated carbocycles. The third-order valence-electron chi connectivity index (χ3n) is 1.21. The van der Waals surface area contributed by atoms with Gasteiger partial charge in [-0.1, -0.05) is 13.8 Å². The summed E-state index contributed by atoms with van der Waals surface area (Å²) >= 11 is 4.05. The molecule has 0 aliphatic heterocycles. The summed E-state index contributed by atoms with van der Waals surface area (Å²) in [6.07, 6.45) is 0. The number of Topliss-reactive ketones (excluding diaryl/α,β-unsaturated/α-hetero) is 1. The second-order valence-electron chi connectivity index (χ2n) is 2.67. The minimum Gasteiger partial charge on any atom is -0.305 e. The normalized spacial score (nSPS) is 13.7. The summed E-state index contributed by atoms with van der Waals surface area (Å²) in [6, 6.07) is 0.268. The standard InChI is InChI=1S/C7H15NOS/c1-5(2)8-7(4-10)6(3)9/h5,7-8,10H,4H2,1-3H3/t7-/m1/s1. The smallest absolute Gasteiger partial charge is 0.147 e. The fourth-order valence-electron chi connectivity index (χ4n) is 0.701. The van der Waals surface area contributed by atoms with Gasteiger partial charge in [-0.15, -0.1) is 0 Å². The van der Waals surface area contributed by atoms with E-state index in [1.54, 1.807) is 6.92 Å². The molecule has 0 rings (SSSR count). The Bertz CT molecular complexity index is 114. The number of carbonyl (C=O) groups is 1. The van der Waals surface area contributed by atoms with E-state index in [1.165, 1.54) is 0 Å². The molecule has 0 spiro atoms. The van der Waals surface area contributed by atoms with E-state index in [0.717, 1.165) is 0 Å². The number of thiol groups is 1. The molecular weight excluding hydrogens is 146 g/mol. The summed E-state index contributed by atoms with van der Waals surface area (Å²) in [6.45, 7) is 5.61. The van der Waals surface area contributed by atoms with Gasteiger partial charge < -0.3 is 5.32 Å². The molecule has 0 aliphatic rings. The fraction of sp³-hybridized carbons (Fsp3) is 0.857. The molecule has 0 radical (unpaired) electrons. The second kappa shape index (κ2) is 4.74. The van der Waals surface area contributed by atoms with Gasteiger partial charge in [-0.05, 0) is 6.92 Å². The van der Waals surface area contributed by atoms with E-state index < -0.39 is 0 Å².